The van der Waals surface area contributed by atoms with E-state index in [1.54, 1.807) is 24.3 Å². The molecule has 24 heavy (non-hydrogen) atoms. The standard InChI is InChI=1S/C16H13FN4O2S/c1-20-15(12-5-7-13(17)8-6-12)18-19-16(20)24-10-11-3-2-4-14(9-11)21(22)23/h2-9H,10H2,1H3. The minimum absolute atomic E-state index is 0.0677. The first kappa shape index (κ1) is 16.1. The molecule has 2 aromatic carbocycles. The third kappa shape index (κ3) is 3.43. The fourth-order valence-electron chi connectivity index (χ4n) is 2.20. The molecule has 6 nitrogen and oxygen atoms in total. The summed E-state index contributed by atoms with van der Waals surface area (Å²) in [4.78, 5) is 10.4. The van der Waals surface area contributed by atoms with Crippen molar-refractivity contribution in [3.8, 4) is 11.4 Å². The van der Waals surface area contributed by atoms with Gasteiger partial charge >= 0.3 is 0 Å². The summed E-state index contributed by atoms with van der Waals surface area (Å²) in [6.45, 7) is 0. The van der Waals surface area contributed by atoms with E-state index in [1.165, 1.54) is 30.0 Å². The van der Waals surface area contributed by atoms with Gasteiger partial charge in [0.2, 0.25) is 0 Å². The van der Waals surface area contributed by atoms with Gasteiger partial charge in [-0.3, -0.25) is 10.1 Å². The third-order valence-electron chi connectivity index (χ3n) is 3.43. The minimum Gasteiger partial charge on any atom is -0.305 e. The molecule has 3 aromatic rings. The molecule has 0 amide bonds. The summed E-state index contributed by atoms with van der Waals surface area (Å²) < 4.78 is 14.8. The highest BCUT2D eigenvalue weighted by atomic mass is 32.2. The van der Waals surface area contributed by atoms with E-state index in [0.717, 1.165) is 11.1 Å². The SMILES string of the molecule is Cn1c(SCc2cccc([N+](=O)[O-])c2)nnc1-c1ccc(F)cc1. The summed E-state index contributed by atoms with van der Waals surface area (Å²) >= 11 is 1.43. The van der Waals surface area contributed by atoms with E-state index in [4.69, 9.17) is 0 Å². The Labute approximate surface area is 141 Å². The molecule has 0 atom stereocenters. The van der Waals surface area contributed by atoms with E-state index in [2.05, 4.69) is 10.2 Å². The predicted octanol–water partition coefficient (Wildman–Crippen LogP) is 3.82. The Morgan fingerprint density at radius 2 is 1.96 bits per heavy atom. The van der Waals surface area contributed by atoms with Crippen molar-refractivity contribution < 1.29 is 9.31 Å². The molecule has 1 aromatic heterocycles. The second-order valence-corrected chi connectivity index (χ2v) is 6.03. The Balaban J connectivity index is 1.76. The zero-order chi connectivity index (χ0) is 17.1. The lowest BCUT2D eigenvalue weighted by molar-refractivity contribution is -0.384. The lowest BCUT2D eigenvalue weighted by atomic mass is 10.2. The van der Waals surface area contributed by atoms with Gasteiger partial charge in [0.25, 0.3) is 5.69 Å². The molecule has 1 heterocycles. The van der Waals surface area contributed by atoms with Gasteiger partial charge in [-0.25, -0.2) is 4.39 Å². The van der Waals surface area contributed by atoms with Crippen LogP contribution in [0.3, 0.4) is 0 Å². The van der Waals surface area contributed by atoms with Crippen LogP contribution in [0.2, 0.25) is 0 Å². The first-order chi connectivity index (χ1) is 11.5. The fourth-order valence-corrected chi connectivity index (χ4v) is 3.05. The maximum atomic E-state index is 13.0. The van der Waals surface area contributed by atoms with Crippen LogP contribution in [-0.2, 0) is 12.8 Å². The second kappa shape index (κ2) is 6.79. The Morgan fingerprint density at radius 1 is 1.21 bits per heavy atom. The average molecular weight is 344 g/mol. The maximum Gasteiger partial charge on any atom is 0.269 e. The number of hydrogen-bond donors (Lipinski definition) is 0. The number of non-ortho nitro benzene ring substituents is 1. The monoisotopic (exact) mass is 344 g/mol. The Kier molecular flexibility index (Phi) is 4.57. The average Bonchev–Trinajstić information content (AvgIpc) is 2.95. The smallest absolute Gasteiger partial charge is 0.269 e. The van der Waals surface area contributed by atoms with Crippen LogP contribution < -0.4 is 0 Å². The molecule has 0 spiro atoms. The van der Waals surface area contributed by atoms with Crippen LogP contribution in [0.15, 0.2) is 53.7 Å². The van der Waals surface area contributed by atoms with Crippen molar-refractivity contribution >= 4 is 17.4 Å². The molecule has 3 rings (SSSR count). The second-order valence-electron chi connectivity index (χ2n) is 5.09. The Bertz CT molecular complexity index is 880. The lowest BCUT2D eigenvalue weighted by Gasteiger charge is -2.04. The molecule has 0 aliphatic rings. The van der Waals surface area contributed by atoms with E-state index in [1.807, 2.05) is 17.7 Å². The van der Waals surface area contributed by atoms with Gasteiger partial charge in [-0.2, -0.15) is 0 Å². The summed E-state index contributed by atoms with van der Waals surface area (Å²) in [6.07, 6.45) is 0. The number of hydrogen-bond acceptors (Lipinski definition) is 5. The van der Waals surface area contributed by atoms with Crippen LogP contribution in [0.25, 0.3) is 11.4 Å². The number of thioether (sulfide) groups is 1. The number of benzene rings is 2. The molecule has 0 aliphatic heterocycles. The van der Waals surface area contributed by atoms with Crippen LogP contribution in [0, 0.1) is 15.9 Å². The Hall–Kier alpha value is -2.74. The van der Waals surface area contributed by atoms with Crippen LogP contribution in [0.4, 0.5) is 10.1 Å². The van der Waals surface area contributed by atoms with Gasteiger partial charge in [-0.05, 0) is 29.8 Å². The topological polar surface area (TPSA) is 73.8 Å². The van der Waals surface area contributed by atoms with Crippen molar-refractivity contribution in [1.29, 1.82) is 0 Å². The highest BCUT2D eigenvalue weighted by Crippen LogP contribution is 2.26. The van der Waals surface area contributed by atoms with Gasteiger partial charge < -0.3 is 4.57 Å². The molecule has 0 radical (unpaired) electrons. The fraction of sp³-hybridized carbons (Fsp3) is 0.125. The van der Waals surface area contributed by atoms with E-state index in [-0.39, 0.29) is 11.5 Å². The summed E-state index contributed by atoms with van der Waals surface area (Å²) in [5, 5.41) is 19.8. The Morgan fingerprint density at radius 3 is 2.67 bits per heavy atom. The number of rotatable bonds is 5. The van der Waals surface area contributed by atoms with Crippen LogP contribution in [0.5, 0.6) is 0 Å². The molecule has 0 aliphatic carbocycles. The largest absolute Gasteiger partial charge is 0.305 e. The lowest BCUT2D eigenvalue weighted by Crippen LogP contribution is -1.95. The zero-order valence-corrected chi connectivity index (χ0v) is 13.5. The highest BCUT2D eigenvalue weighted by molar-refractivity contribution is 7.98. The van der Waals surface area contributed by atoms with Crippen molar-refractivity contribution in [2.45, 2.75) is 10.9 Å². The number of halogens is 1. The van der Waals surface area contributed by atoms with Crippen molar-refractivity contribution in [2.75, 3.05) is 0 Å². The van der Waals surface area contributed by atoms with E-state index in [0.29, 0.717) is 16.7 Å². The van der Waals surface area contributed by atoms with Crippen molar-refractivity contribution in [3.63, 3.8) is 0 Å². The molecule has 0 unspecified atom stereocenters. The van der Waals surface area contributed by atoms with Gasteiger partial charge in [0, 0.05) is 30.5 Å². The minimum atomic E-state index is -0.414. The number of nitrogens with zero attached hydrogens (tertiary/aromatic N) is 4. The molecule has 0 bridgehead atoms. The summed E-state index contributed by atoms with van der Waals surface area (Å²) in [6, 6.07) is 12.5. The predicted molar refractivity (Wildman–Crippen MR) is 89.1 cm³/mol. The van der Waals surface area contributed by atoms with Gasteiger partial charge in [-0.15, -0.1) is 10.2 Å². The third-order valence-corrected chi connectivity index (χ3v) is 4.52. The first-order valence-electron chi connectivity index (χ1n) is 7.06. The van der Waals surface area contributed by atoms with Gasteiger partial charge in [0.15, 0.2) is 11.0 Å². The van der Waals surface area contributed by atoms with Crippen molar-refractivity contribution in [3.05, 3.63) is 70.0 Å². The van der Waals surface area contributed by atoms with Crippen molar-refractivity contribution in [1.82, 2.24) is 14.8 Å². The van der Waals surface area contributed by atoms with Gasteiger partial charge in [0.05, 0.1) is 4.92 Å². The normalized spacial score (nSPS) is 10.8. The van der Waals surface area contributed by atoms with E-state index in [9.17, 15) is 14.5 Å². The van der Waals surface area contributed by atoms with E-state index < -0.39 is 4.92 Å². The number of aromatic nitrogens is 3. The zero-order valence-electron chi connectivity index (χ0n) is 12.7. The molecule has 0 N–H and O–H groups in total. The molecule has 8 heteroatoms. The first-order valence-corrected chi connectivity index (χ1v) is 8.04. The summed E-state index contributed by atoms with van der Waals surface area (Å²) in [5.41, 5.74) is 1.67. The molecule has 0 fully saturated rings. The molecule has 0 saturated carbocycles. The molecular weight excluding hydrogens is 331 g/mol. The maximum absolute atomic E-state index is 13.0. The quantitative estimate of drug-likeness (QED) is 0.400. The van der Waals surface area contributed by atoms with Crippen LogP contribution in [0.1, 0.15) is 5.56 Å². The summed E-state index contributed by atoms with van der Waals surface area (Å²) in [7, 11) is 1.83. The van der Waals surface area contributed by atoms with Crippen molar-refractivity contribution in [2.24, 2.45) is 7.05 Å². The highest BCUT2D eigenvalue weighted by Gasteiger charge is 2.12. The molecule has 0 saturated heterocycles. The summed E-state index contributed by atoms with van der Waals surface area (Å²) in [5.74, 6) is 0.870. The molecular formula is C16H13FN4O2S. The number of nitro benzene ring substituents is 1. The van der Waals surface area contributed by atoms with Crippen LogP contribution >= 0.6 is 11.8 Å². The molecule has 122 valence electrons. The van der Waals surface area contributed by atoms with E-state index >= 15 is 0 Å². The van der Waals surface area contributed by atoms with Crippen LogP contribution in [-0.4, -0.2) is 19.7 Å². The van der Waals surface area contributed by atoms with Gasteiger partial charge in [-0.1, -0.05) is 23.9 Å². The van der Waals surface area contributed by atoms with Gasteiger partial charge in [0.1, 0.15) is 5.82 Å². The number of nitro groups is 1.